The van der Waals surface area contributed by atoms with Crippen LogP contribution in [0.5, 0.6) is 0 Å². The maximum absolute atomic E-state index is 8.06. The molecule has 0 aliphatic carbocycles. The monoisotopic (exact) mass is 205 g/mol. The summed E-state index contributed by atoms with van der Waals surface area (Å²) in [6.45, 7) is 9.75. The van der Waals surface area contributed by atoms with Crippen LogP contribution in [0.3, 0.4) is 0 Å². The molecule has 0 radical (unpaired) electrons. The molecule has 1 rings (SSSR count). The smallest absolute Gasteiger partial charge is 0.0710 e. The van der Waals surface area contributed by atoms with Gasteiger partial charge in [-0.2, -0.15) is 0 Å². The lowest BCUT2D eigenvalue weighted by Crippen LogP contribution is -2.17. The fourth-order valence-electron chi connectivity index (χ4n) is 1.09. The van der Waals surface area contributed by atoms with Crippen molar-refractivity contribution in [1.29, 1.82) is 0 Å². The van der Waals surface area contributed by atoms with Gasteiger partial charge in [0.25, 0.3) is 0 Å². The first-order chi connectivity index (χ1) is 6.56. The zero-order valence-electron chi connectivity index (χ0n) is 10.6. The van der Waals surface area contributed by atoms with Gasteiger partial charge in [-0.1, -0.05) is 13.8 Å². The normalized spacial score (nSPS) is 21.0. The molecule has 0 amide bonds. The number of hydrogen-bond acceptors (Lipinski definition) is 3. The van der Waals surface area contributed by atoms with Crippen molar-refractivity contribution in [3.63, 3.8) is 0 Å². The molecular formula is C11H27NO2. The molecule has 1 N–H and O–H groups in total. The predicted octanol–water partition coefficient (Wildman–Crippen LogP) is 1.75. The zero-order valence-corrected chi connectivity index (χ0v) is 10.6. The van der Waals surface area contributed by atoms with E-state index < -0.39 is 0 Å². The largest absolute Gasteiger partial charge is 0.394 e. The topological polar surface area (TPSA) is 32.7 Å². The number of hydrogen-bond donors (Lipinski definition) is 1. The Bertz CT molecular complexity index is 105. The quantitative estimate of drug-likeness (QED) is 0.708. The maximum Gasteiger partial charge on any atom is 0.0710 e. The summed E-state index contributed by atoms with van der Waals surface area (Å²) in [5.41, 5.74) is 0. The average Bonchev–Trinajstić information content (AvgIpc) is 2.54. The highest BCUT2D eigenvalue weighted by Crippen LogP contribution is 2.07. The van der Waals surface area contributed by atoms with Gasteiger partial charge >= 0.3 is 0 Å². The highest BCUT2D eigenvalue weighted by Gasteiger charge is 2.17. The third-order valence-corrected chi connectivity index (χ3v) is 1.68. The van der Waals surface area contributed by atoms with Crippen molar-refractivity contribution in [3.8, 4) is 0 Å². The van der Waals surface area contributed by atoms with Crippen LogP contribution in [0.1, 0.15) is 34.1 Å². The van der Waals surface area contributed by atoms with Gasteiger partial charge in [-0.3, -0.25) is 0 Å². The molecule has 0 aromatic heterocycles. The summed E-state index contributed by atoms with van der Waals surface area (Å²) < 4.78 is 5.14. The van der Waals surface area contributed by atoms with E-state index in [0.29, 0.717) is 6.10 Å². The Kier molecular flexibility index (Phi) is 12.8. The summed E-state index contributed by atoms with van der Waals surface area (Å²) >= 11 is 0. The van der Waals surface area contributed by atoms with Crippen LogP contribution in [0, 0.1) is 0 Å². The summed E-state index contributed by atoms with van der Waals surface area (Å²) in [5.74, 6) is 0. The zero-order chi connectivity index (χ0) is 11.6. The molecule has 1 atom stereocenters. The number of methoxy groups -OCH3 is 1. The second-order valence-corrected chi connectivity index (χ2v) is 3.50. The van der Waals surface area contributed by atoms with Crippen molar-refractivity contribution in [2.75, 3.05) is 27.2 Å². The van der Waals surface area contributed by atoms with Crippen molar-refractivity contribution in [1.82, 2.24) is 4.90 Å². The molecule has 0 bridgehead atoms. The van der Waals surface area contributed by atoms with Gasteiger partial charge in [-0.25, -0.2) is 0 Å². The Balaban J connectivity index is 0. The third kappa shape index (κ3) is 11.9. The molecule has 3 nitrogen and oxygen atoms in total. The van der Waals surface area contributed by atoms with Crippen LogP contribution >= 0.6 is 0 Å². The summed E-state index contributed by atoms with van der Waals surface area (Å²) in [5, 5.41) is 8.06. The number of aliphatic hydroxyl groups is 1. The maximum atomic E-state index is 8.06. The number of aliphatic hydroxyl groups excluding tert-OH is 1. The number of rotatable bonds is 1. The van der Waals surface area contributed by atoms with E-state index in [1.54, 1.807) is 21.0 Å². The molecular weight excluding hydrogens is 178 g/mol. The number of likely N-dealkylation sites (tertiary alicyclic amines) is 1. The standard InChI is InChI=1S/C6H13NO.C3H8O.C2H6/c1-7-4-3-6(5-7)8-2;1-3(2)4;1-2/h6H,3-5H2,1-2H3;3-4H,1-2H3;1-2H3. The van der Waals surface area contributed by atoms with Crippen LogP contribution in [0.25, 0.3) is 0 Å². The van der Waals surface area contributed by atoms with E-state index >= 15 is 0 Å². The molecule has 1 aliphatic rings. The Labute approximate surface area is 89.1 Å². The molecule has 0 aromatic carbocycles. The summed E-state index contributed by atoms with van der Waals surface area (Å²) in [6.07, 6.45) is 1.53. The Hall–Kier alpha value is -0.120. The van der Waals surface area contributed by atoms with Crippen molar-refractivity contribution >= 4 is 0 Å². The first-order valence-electron chi connectivity index (χ1n) is 5.45. The van der Waals surface area contributed by atoms with E-state index in [-0.39, 0.29) is 6.10 Å². The number of nitrogens with zero attached hydrogens (tertiary/aromatic N) is 1. The first-order valence-corrected chi connectivity index (χ1v) is 5.45. The Morgan fingerprint density at radius 1 is 1.36 bits per heavy atom. The number of likely N-dealkylation sites (N-methyl/N-ethyl adjacent to an activating group) is 1. The molecule has 14 heavy (non-hydrogen) atoms. The van der Waals surface area contributed by atoms with Crippen LogP contribution in [-0.4, -0.2) is 49.5 Å². The fraction of sp³-hybridized carbons (Fsp3) is 1.00. The minimum atomic E-state index is -0.167. The predicted molar refractivity (Wildman–Crippen MR) is 61.6 cm³/mol. The van der Waals surface area contributed by atoms with Gasteiger partial charge in [0.2, 0.25) is 0 Å². The molecule has 88 valence electrons. The van der Waals surface area contributed by atoms with E-state index in [0.717, 1.165) is 6.54 Å². The summed E-state index contributed by atoms with van der Waals surface area (Å²) in [7, 11) is 3.91. The lowest BCUT2D eigenvalue weighted by Gasteiger charge is -2.06. The van der Waals surface area contributed by atoms with Crippen LogP contribution in [-0.2, 0) is 4.74 Å². The van der Waals surface area contributed by atoms with Crippen molar-refractivity contribution in [2.24, 2.45) is 0 Å². The summed E-state index contributed by atoms with van der Waals surface area (Å²) in [6, 6.07) is 0. The molecule has 0 spiro atoms. The molecule has 1 heterocycles. The fourth-order valence-corrected chi connectivity index (χ4v) is 1.09. The minimum absolute atomic E-state index is 0.167. The highest BCUT2D eigenvalue weighted by molar-refractivity contribution is 4.71. The second-order valence-electron chi connectivity index (χ2n) is 3.50. The van der Waals surface area contributed by atoms with Gasteiger partial charge in [0, 0.05) is 26.3 Å². The van der Waals surface area contributed by atoms with Gasteiger partial charge in [0.1, 0.15) is 0 Å². The first kappa shape index (κ1) is 16.3. The molecule has 0 aromatic rings. The van der Waals surface area contributed by atoms with E-state index in [1.807, 2.05) is 13.8 Å². The van der Waals surface area contributed by atoms with Crippen molar-refractivity contribution in [3.05, 3.63) is 0 Å². The van der Waals surface area contributed by atoms with E-state index in [9.17, 15) is 0 Å². The van der Waals surface area contributed by atoms with Gasteiger partial charge in [0.05, 0.1) is 6.10 Å². The Morgan fingerprint density at radius 2 is 1.79 bits per heavy atom. The Morgan fingerprint density at radius 3 is 1.93 bits per heavy atom. The SMILES string of the molecule is CC.CC(C)O.COC1CCN(C)C1. The van der Waals surface area contributed by atoms with Gasteiger partial charge < -0.3 is 14.7 Å². The van der Waals surface area contributed by atoms with Crippen molar-refractivity contribution < 1.29 is 9.84 Å². The average molecular weight is 205 g/mol. The molecule has 1 unspecified atom stereocenters. The highest BCUT2D eigenvalue weighted by atomic mass is 16.5. The van der Waals surface area contributed by atoms with Gasteiger partial charge in [-0.15, -0.1) is 0 Å². The van der Waals surface area contributed by atoms with Gasteiger partial charge in [-0.05, 0) is 27.3 Å². The molecule has 1 saturated heterocycles. The number of ether oxygens (including phenoxy) is 1. The lowest BCUT2D eigenvalue weighted by atomic mass is 10.3. The van der Waals surface area contributed by atoms with Crippen LogP contribution in [0.15, 0.2) is 0 Å². The van der Waals surface area contributed by atoms with Gasteiger partial charge in [0.15, 0.2) is 0 Å². The van der Waals surface area contributed by atoms with E-state index in [1.165, 1.54) is 13.0 Å². The molecule has 3 heteroatoms. The second kappa shape index (κ2) is 11.0. The molecule has 1 fully saturated rings. The van der Waals surface area contributed by atoms with E-state index in [4.69, 9.17) is 9.84 Å². The van der Waals surface area contributed by atoms with E-state index in [2.05, 4.69) is 11.9 Å². The van der Waals surface area contributed by atoms with Crippen molar-refractivity contribution in [2.45, 2.75) is 46.3 Å². The minimum Gasteiger partial charge on any atom is -0.394 e. The molecule has 1 aliphatic heterocycles. The van der Waals surface area contributed by atoms with Crippen LogP contribution in [0.2, 0.25) is 0 Å². The lowest BCUT2D eigenvalue weighted by molar-refractivity contribution is 0.111. The third-order valence-electron chi connectivity index (χ3n) is 1.68. The van der Waals surface area contributed by atoms with Crippen LogP contribution < -0.4 is 0 Å². The molecule has 0 saturated carbocycles. The summed E-state index contributed by atoms with van der Waals surface area (Å²) in [4.78, 5) is 2.29. The van der Waals surface area contributed by atoms with Crippen LogP contribution in [0.4, 0.5) is 0 Å².